The second-order valence-corrected chi connectivity index (χ2v) is 8.24. The Hall–Kier alpha value is -2.45. The van der Waals surface area contributed by atoms with Crippen LogP contribution >= 0.6 is 11.3 Å². The summed E-state index contributed by atoms with van der Waals surface area (Å²) in [6.07, 6.45) is 4.07. The van der Waals surface area contributed by atoms with E-state index >= 15 is 0 Å². The maximum Gasteiger partial charge on any atom is 0.248 e. The molecule has 1 fully saturated rings. The van der Waals surface area contributed by atoms with E-state index in [4.69, 9.17) is 0 Å². The lowest BCUT2D eigenvalue weighted by atomic mass is 9.77. The van der Waals surface area contributed by atoms with Crippen LogP contribution < -0.4 is 0 Å². The second kappa shape index (κ2) is 5.77. The van der Waals surface area contributed by atoms with Crippen molar-refractivity contribution in [2.75, 3.05) is 0 Å². The zero-order valence-electron chi connectivity index (χ0n) is 14.4. The first-order chi connectivity index (χ1) is 12.9. The monoisotopic (exact) mass is 386 g/mol. The van der Waals surface area contributed by atoms with Crippen LogP contribution in [-0.4, -0.2) is 30.8 Å². The number of fused-ring (bicyclic) bond motifs is 2. The Morgan fingerprint density at radius 3 is 2.59 bits per heavy atom. The first-order valence-corrected chi connectivity index (χ1v) is 9.45. The molecule has 5 nitrogen and oxygen atoms in total. The Morgan fingerprint density at radius 1 is 1.15 bits per heavy atom. The quantitative estimate of drug-likeness (QED) is 0.569. The predicted molar refractivity (Wildman–Crippen MR) is 99.8 cm³/mol. The molecule has 0 radical (unpaired) electrons. The number of aliphatic hydroxyl groups is 1. The SMILES string of the molecule is Cn1cc2cc(-c3cnc4sc([C@H](O)C5CC(F)(F)C5)cc4c3)cnc2n1. The fourth-order valence-electron chi connectivity index (χ4n) is 3.61. The molecule has 0 spiro atoms. The lowest BCUT2D eigenvalue weighted by molar-refractivity contribution is -0.141. The van der Waals surface area contributed by atoms with Gasteiger partial charge in [-0.25, -0.2) is 18.7 Å². The van der Waals surface area contributed by atoms with Crippen LogP contribution in [0.4, 0.5) is 8.78 Å². The molecular weight excluding hydrogens is 370 g/mol. The molecule has 0 aromatic carbocycles. The molecule has 1 saturated carbocycles. The van der Waals surface area contributed by atoms with Gasteiger partial charge in [0.25, 0.3) is 0 Å². The van der Waals surface area contributed by atoms with Gasteiger partial charge in [-0.15, -0.1) is 11.3 Å². The van der Waals surface area contributed by atoms with E-state index in [2.05, 4.69) is 15.1 Å². The largest absolute Gasteiger partial charge is 0.387 e. The zero-order chi connectivity index (χ0) is 18.8. The van der Waals surface area contributed by atoms with Gasteiger partial charge in [0.05, 0.1) is 6.10 Å². The lowest BCUT2D eigenvalue weighted by Crippen LogP contribution is -2.38. The fraction of sp³-hybridized carbons (Fsp3) is 0.316. The van der Waals surface area contributed by atoms with Gasteiger partial charge in [0.1, 0.15) is 4.83 Å². The summed E-state index contributed by atoms with van der Waals surface area (Å²) in [5.41, 5.74) is 2.53. The standard InChI is InChI=1S/C19H16F2N4OS/c1-25-9-13-3-12(7-22-17(13)24-25)11-2-10-4-15(27-18(10)23-8-11)16(26)14-5-19(20,21)6-14/h2-4,7-9,14,16,26H,5-6H2,1H3/t16-/m1/s1. The second-order valence-electron chi connectivity index (χ2n) is 7.18. The van der Waals surface area contributed by atoms with Gasteiger partial charge in [0.15, 0.2) is 5.65 Å². The van der Waals surface area contributed by atoms with Crippen molar-refractivity contribution in [3.63, 3.8) is 0 Å². The average molecular weight is 386 g/mol. The first-order valence-electron chi connectivity index (χ1n) is 8.63. The minimum Gasteiger partial charge on any atom is -0.387 e. The smallest absolute Gasteiger partial charge is 0.248 e. The molecule has 1 atom stereocenters. The summed E-state index contributed by atoms with van der Waals surface area (Å²) in [7, 11) is 1.85. The molecule has 4 aromatic heterocycles. The molecule has 27 heavy (non-hydrogen) atoms. The Labute approximate surface area is 157 Å². The number of aromatic nitrogens is 4. The average Bonchev–Trinajstić information content (AvgIpc) is 3.19. The number of pyridine rings is 2. The number of halogens is 2. The van der Waals surface area contributed by atoms with Crippen molar-refractivity contribution >= 4 is 32.6 Å². The van der Waals surface area contributed by atoms with Crippen molar-refractivity contribution in [2.45, 2.75) is 24.9 Å². The van der Waals surface area contributed by atoms with Crippen molar-refractivity contribution < 1.29 is 13.9 Å². The molecule has 0 aliphatic heterocycles. The molecule has 0 amide bonds. The highest BCUT2D eigenvalue weighted by Gasteiger charge is 2.48. The zero-order valence-corrected chi connectivity index (χ0v) is 15.2. The molecule has 4 heterocycles. The van der Waals surface area contributed by atoms with Gasteiger partial charge < -0.3 is 5.11 Å². The van der Waals surface area contributed by atoms with Crippen molar-refractivity contribution in [3.8, 4) is 11.1 Å². The third-order valence-corrected chi connectivity index (χ3v) is 6.19. The molecule has 0 saturated heterocycles. The summed E-state index contributed by atoms with van der Waals surface area (Å²) in [6, 6.07) is 5.86. The summed E-state index contributed by atoms with van der Waals surface area (Å²) in [6.45, 7) is 0. The minimum absolute atomic E-state index is 0.252. The summed E-state index contributed by atoms with van der Waals surface area (Å²) in [5, 5.41) is 16.5. The Bertz CT molecular complexity index is 1160. The van der Waals surface area contributed by atoms with Crippen LogP contribution in [-0.2, 0) is 7.05 Å². The van der Waals surface area contributed by atoms with Crippen LogP contribution in [0.2, 0.25) is 0 Å². The lowest BCUT2D eigenvalue weighted by Gasteiger charge is -2.37. The van der Waals surface area contributed by atoms with E-state index in [0.717, 1.165) is 26.7 Å². The highest BCUT2D eigenvalue weighted by molar-refractivity contribution is 7.18. The Kier molecular flexibility index (Phi) is 3.57. The van der Waals surface area contributed by atoms with E-state index in [1.165, 1.54) is 11.3 Å². The molecule has 8 heteroatoms. The van der Waals surface area contributed by atoms with Gasteiger partial charge in [0, 0.05) is 71.2 Å². The Balaban J connectivity index is 1.47. The van der Waals surface area contributed by atoms with Gasteiger partial charge in [-0.3, -0.25) is 4.68 Å². The van der Waals surface area contributed by atoms with Crippen molar-refractivity contribution in [1.29, 1.82) is 0 Å². The summed E-state index contributed by atoms with van der Waals surface area (Å²) >= 11 is 1.36. The van der Waals surface area contributed by atoms with Crippen LogP contribution in [0.5, 0.6) is 0 Å². The number of alkyl halides is 2. The number of nitrogens with zero attached hydrogens (tertiary/aromatic N) is 4. The van der Waals surface area contributed by atoms with Crippen LogP contribution in [0.3, 0.4) is 0 Å². The van der Waals surface area contributed by atoms with E-state index in [1.807, 2.05) is 31.4 Å². The van der Waals surface area contributed by atoms with Gasteiger partial charge in [-0.2, -0.15) is 5.10 Å². The van der Waals surface area contributed by atoms with Crippen molar-refractivity contribution in [3.05, 3.63) is 41.7 Å². The van der Waals surface area contributed by atoms with E-state index < -0.39 is 12.0 Å². The predicted octanol–water partition coefficient (Wildman–Crippen LogP) is 4.32. The normalized spacial score (nSPS) is 18.1. The number of rotatable bonds is 3. The van der Waals surface area contributed by atoms with E-state index in [1.54, 1.807) is 17.1 Å². The number of hydrogen-bond donors (Lipinski definition) is 1. The molecule has 0 bridgehead atoms. The molecule has 4 aromatic rings. The van der Waals surface area contributed by atoms with Crippen molar-refractivity contribution in [2.24, 2.45) is 13.0 Å². The summed E-state index contributed by atoms with van der Waals surface area (Å²) in [4.78, 5) is 10.3. The number of hydrogen-bond acceptors (Lipinski definition) is 5. The highest BCUT2D eigenvalue weighted by atomic mass is 32.1. The Morgan fingerprint density at radius 2 is 1.85 bits per heavy atom. The van der Waals surface area contributed by atoms with Gasteiger partial charge in [-0.05, 0) is 18.2 Å². The molecule has 1 N–H and O–H groups in total. The molecular formula is C19H16F2N4OS. The van der Waals surface area contributed by atoms with E-state index in [0.29, 0.717) is 10.5 Å². The van der Waals surface area contributed by atoms with Gasteiger partial charge >= 0.3 is 0 Å². The molecule has 1 aliphatic carbocycles. The number of thiophene rings is 1. The third-order valence-electron chi connectivity index (χ3n) is 5.06. The topological polar surface area (TPSA) is 63.8 Å². The maximum absolute atomic E-state index is 13.1. The molecule has 0 unspecified atom stereocenters. The minimum atomic E-state index is -2.63. The maximum atomic E-state index is 13.1. The van der Waals surface area contributed by atoms with Crippen LogP contribution in [0.25, 0.3) is 32.4 Å². The van der Waals surface area contributed by atoms with Gasteiger partial charge in [-0.1, -0.05) is 0 Å². The van der Waals surface area contributed by atoms with Crippen LogP contribution in [0.1, 0.15) is 23.8 Å². The fourth-order valence-corrected chi connectivity index (χ4v) is 4.67. The van der Waals surface area contributed by atoms with E-state index in [9.17, 15) is 13.9 Å². The summed E-state index contributed by atoms with van der Waals surface area (Å²) < 4.78 is 27.9. The van der Waals surface area contributed by atoms with Crippen LogP contribution in [0, 0.1) is 5.92 Å². The number of aliphatic hydroxyl groups excluding tert-OH is 1. The molecule has 1 aliphatic rings. The first kappa shape index (κ1) is 16.7. The molecule has 5 rings (SSSR count). The van der Waals surface area contributed by atoms with Crippen molar-refractivity contribution in [1.82, 2.24) is 19.7 Å². The van der Waals surface area contributed by atoms with Gasteiger partial charge in [0.2, 0.25) is 5.92 Å². The van der Waals surface area contributed by atoms with Crippen LogP contribution in [0.15, 0.2) is 36.8 Å². The van der Waals surface area contributed by atoms with E-state index in [-0.39, 0.29) is 18.8 Å². The molecule has 138 valence electrons. The highest BCUT2D eigenvalue weighted by Crippen LogP contribution is 2.49. The number of aryl methyl sites for hydroxylation is 1. The third kappa shape index (κ3) is 2.89. The summed E-state index contributed by atoms with van der Waals surface area (Å²) in [5.74, 6) is -3.02.